The molecule has 5 nitrogen and oxygen atoms in total. The Morgan fingerprint density at radius 1 is 1.44 bits per heavy atom. The predicted molar refractivity (Wildman–Crippen MR) is 74.1 cm³/mol. The SMILES string of the molecule is CC(C)(C)C(=O)N1CSCC1C(=O)NCCCN. The van der Waals surface area contributed by atoms with Gasteiger partial charge in [0.2, 0.25) is 11.8 Å². The van der Waals surface area contributed by atoms with Gasteiger partial charge in [-0.15, -0.1) is 11.8 Å². The standard InChI is InChI=1S/C12H23N3O2S/c1-12(2,3)11(17)15-8-18-7-9(15)10(16)14-6-4-5-13/h9H,4-8,13H2,1-3H3,(H,14,16). The minimum atomic E-state index is -0.444. The van der Waals surface area contributed by atoms with Crippen LogP contribution in [0.2, 0.25) is 0 Å². The first-order valence-electron chi connectivity index (χ1n) is 6.24. The number of thioether (sulfide) groups is 1. The summed E-state index contributed by atoms with van der Waals surface area (Å²) < 4.78 is 0. The van der Waals surface area contributed by atoms with Crippen molar-refractivity contribution in [2.45, 2.75) is 33.2 Å². The van der Waals surface area contributed by atoms with E-state index in [0.717, 1.165) is 6.42 Å². The van der Waals surface area contributed by atoms with E-state index in [2.05, 4.69) is 5.32 Å². The molecule has 1 fully saturated rings. The van der Waals surface area contributed by atoms with Crippen molar-refractivity contribution >= 4 is 23.6 Å². The second-order valence-electron chi connectivity index (χ2n) is 5.47. The minimum Gasteiger partial charge on any atom is -0.354 e. The molecule has 1 unspecified atom stereocenters. The monoisotopic (exact) mass is 273 g/mol. The smallest absolute Gasteiger partial charge is 0.243 e. The molecule has 0 radical (unpaired) electrons. The summed E-state index contributed by atoms with van der Waals surface area (Å²) in [5.41, 5.74) is 4.94. The summed E-state index contributed by atoms with van der Waals surface area (Å²) in [4.78, 5) is 25.9. The number of amides is 2. The van der Waals surface area contributed by atoms with Crippen LogP contribution in [0.25, 0.3) is 0 Å². The van der Waals surface area contributed by atoms with Crippen LogP contribution in [0.4, 0.5) is 0 Å². The quantitative estimate of drug-likeness (QED) is 0.727. The molecular weight excluding hydrogens is 250 g/mol. The van der Waals surface area contributed by atoms with Gasteiger partial charge in [0, 0.05) is 17.7 Å². The van der Waals surface area contributed by atoms with E-state index < -0.39 is 5.41 Å². The summed E-state index contributed by atoms with van der Waals surface area (Å²) in [7, 11) is 0. The van der Waals surface area contributed by atoms with Crippen LogP contribution in [0.1, 0.15) is 27.2 Å². The van der Waals surface area contributed by atoms with Gasteiger partial charge < -0.3 is 16.0 Å². The number of nitrogens with zero attached hydrogens (tertiary/aromatic N) is 1. The van der Waals surface area contributed by atoms with Crippen molar-refractivity contribution in [1.29, 1.82) is 0 Å². The highest BCUT2D eigenvalue weighted by molar-refractivity contribution is 7.99. The molecule has 0 aromatic heterocycles. The number of carbonyl (C=O) groups excluding carboxylic acids is 2. The Labute approximate surface area is 113 Å². The molecule has 0 spiro atoms. The molecule has 1 atom stereocenters. The van der Waals surface area contributed by atoms with Crippen molar-refractivity contribution in [3.63, 3.8) is 0 Å². The maximum absolute atomic E-state index is 12.2. The number of rotatable bonds is 4. The van der Waals surface area contributed by atoms with Gasteiger partial charge in [-0.25, -0.2) is 0 Å². The van der Waals surface area contributed by atoms with E-state index >= 15 is 0 Å². The van der Waals surface area contributed by atoms with Crippen LogP contribution in [0, 0.1) is 5.41 Å². The first kappa shape index (κ1) is 15.3. The number of hydrogen-bond donors (Lipinski definition) is 2. The Balaban J connectivity index is 2.59. The van der Waals surface area contributed by atoms with Gasteiger partial charge in [-0.2, -0.15) is 0 Å². The van der Waals surface area contributed by atoms with E-state index in [-0.39, 0.29) is 17.9 Å². The van der Waals surface area contributed by atoms with E-state index in [1.165, 1.54) is 0 Å². The molecule has 3 N–H and O–H groups in total. The highest BCUT2D eigenvalue weighted by atomic mass is 32.2. The molecule has 1 rings (SSSR count). The number of nitrogens with two attached hydrogens (primary N) is 1. The lowest BCUT2D eigenvalue weighted by molar-refractivity contribution is -0.144. The Morgan fingerprint density at radius 2 is 2.11 bits per heavy atom. The van der Waals surface area contributed by atoms with Crippen LogP contribution in [0.5, 0.6) is 0 Å². The maximum atomic E-state index is 12.2. The molecule has 6 heteroatoms. The summed E-state index contributed by atoms with van der Waals surface area (Å²) in [6, 6.07) is -0.334. The van der Waals surface area contributed by atoms with Crippen molar-refractivity contribution in [3.8, 4) is 0 Å². The topological polar surface area (TPSA) is 75.4 Å². The Bertz CT molecular complexity index is 315. The first-order valence-corrected chi connectivity index (χ1v) is 7.40. The normalized spacial score (nSPS) is 20.0. The van der Waals surface area contributed by atoms with Crippen molar-refractivity contribution in [3.05, 3.63) is 0 Å². The Hall–Kier alpha value is -0.750. The minimum absolute atomic E-state index is 0.0338. The highest BCUT2D eigenvalue weighted by Gasteiger charge is 2.38. The summed E-state index contributed by atoms with van der Waals surface area (Å²) in [5.74, 6) is 1.25. The molecule has 0 aromatic rings. The average Bonchev–Trinajstić information content (AvgIpc) is 2.75. The van der Waals surface area contributed by atoms with Crippen LogP contribution < -0.4 is 11.1 Å². The molecule has 104 valence electrons. The van der Waals surface area contributed by atoms with E-state index in [9.17, 15) is 9.59 Å². The Kier molecular flexibility index (Phi) is 5.47. The second kappa shape index (κ2) is 6.43. The van der Waals surface area contributed by atoms with Crippen molar-refractivity contribution in [2.24, 2.45) is 11.1 Å². The summed E-state index contributed by atoms with van der Waals surface area (Å²) >= 11 is 1.62. The predicted octanol–water partition coefficient (Wildman–Crippen LogP) is 0.399. The summed E-state index contributed by atoms with van der Waals surface area (Å²) in [6.07, 6.45) is 0.763. The van der Waals surface area contributed by atoms with E-state index in [0.29, 0.717) is 24.7 Å². The van der Waals surface area contributed by atoms with Gasteiger partial charge >= 0.3 is 0 Å². The van der Waals surface area contributed by atoms with Gasteiger partial charge in [-0.1, -0.05) is 20.8 Å². The molecule has 0 aliphatic carbocycles. The van der Waals surface area contributed by atoms with Crippen LogP contribution in [-0.4, -0.2) is 47.5 Å². The number of hydrogen-bond acceptors (Lipinski definition) is 4. The molecule has 1 aliphatic rings. The number of carbonyl (C=O) groups is 2. The van der Waals surface area contributed by atoms with Gasteiger partial charge in [0.25, 0.3) is 0 Å². The van der Waals surface area contributed by atoms with E-state index in [1.807, 2.05) is 20.8 Å². The van der Waals surface area contributed by atoms with Gasteiger partial charge in [0.1, 0.15) is 6.04 Å². The van der Waals surface area contributed by atoms with Crippen molar-refractivity contribution in [2.75, 3.05) is 24.7 Å². The molecular formula is C12H23N3O2S. The molecule has 0 bridgehead atoms. The second-order valence-corrected chi connectivity index (χ2v) is 6.47. The number of nitrogens with one attached hydrogen (secondary N) is 1. The van der Waals surface area contributed by atoms with Gasteiger partial charge in [-0.05, 0) is 13.0 Å². The average molecular weight is 273 g/mol. The first-order chi connectivity index (χ1) is 8.38. The van der Waals surface area contributed by atoms with E-state index in [4.69, 9.17) is 5.73 Å². The van der Waals surface area contributed by atoms with Gasteiger partial charge in [0.05, 0.1) is 5.88 Å². The van der Waals surface area contributed by atoms with Crippen LogP contribution >= 0.6 is 11.8 Å². The lowest BCUT2D eigenvalue weighted by Crippen LogP contribution is -2.50. The van der Waals surface area contributed by atoms with Gasteiger partial charge in [-0.3, -0.25) is 9.59 Å². The zero-order chi connectivity index (χ0) is 13.8. The molecule has 0 saturated carbocycles. The molecule has 2 amide bonds. The molecule has 0 aromatic carbocycles. The fourth-order valence-electron chi connectivity index (χ4n) is 1.72. The van der Waals surface area contributed by atoms with Crippen molar-refractivity contribution < 1.29 is 9.59 Å². The molecule has 1 aliphatic heterocycles. The third kappa shape index (κ3) is 3.88. The van der Waals surface area contributed by atoms with Crippen molar-refractivity contribution in [1.82, 2.24) is 10.2 Å². The molecule has 1 saturated heterocycles. The molecule has 18 heavy (non-hydrogen) atoms. The summed E-state index contributed by atoms with van der Waals surface area (Å²) in [5, 5.41) is 2.84. The zero-order valence-electron chi connectivity index (χ0n) is 11.4. The van der Waals surface area contributed by atoms with Crippen LogP contribution in [0.15, 0.2) is 0 Å². The van der Waals surface area contributed by atoms with E-state index in [1.54, 1.807) is 16.7 Å². The Morgan fingerprint density at radius 3 is 2.67 bits per heavy atom. The van der Waals surface area contributed by atoms with Crippen LogP contribution in [-0.2, 0) is 9.59 Å². The fourth-order valence-corrected chi connectivity index (χ4v) is 2.88. The highest BCUT2D eigenvalue weighted by Crippen LogP contribution is 2.27. The van der Waals surface area contributed by atoms with Crippen LogP contribution in [0.3, 0.4) is 0 Å². The lowest BCUT2D eigenvalue weighted by atomic mass is 9.94. The molecule has 1 heterocycles. The third-order valence-electron chi connectivity index (χ3n) is 2.77. The lowest BCUT2D eigenvalue weighted by Gasteiger charge is -2.29. The largest absolute Gasteiger partial charge is 0.354 e. The fraction of sp³-hybridized carbons (Fsp3) is 0.833. The maximum Gasteiger partial charge on any atom is 0.243 e. The zero-order valence-corrected chi connectivity index (χ0v) is 12.2. The summed E-state index contributed by atoms with van der Waals surface area (Å²) in [6.45, 7) is 6.77. The third-order valence-corrected chi connectivity index (χ3v) is 3.78. The van der Waals surface area contributed by atoms with Gasteiger partial charge in [0.15, 0.2) is 0 Å².